The van der Waals surface area contributed by atoms with Crippen molar-refractivity contribution in [3.05, 3.63) is 33.9 Å². The molecule has 114 valence electrons. The van der Waals surface area contributed by atoms with Crippen LogP contribution in [0.2, 0.25) is 0 Å². The number of nitriles is 1. The van der Waals surface area contributed by atoms with Crippen molar-refractivity contribution in [2.75, 3.05) is 33.4 Å². The van der Waals surface area contributed by atoms with Gasteiger partial charge in [0, 0.05) is 26.3 Å². The lowest BCUT2D eigenvalue weighted by Gasteiger charge is -2.13. The molecule has 0 aliphatic heterocycles. The number of hydrogen-bond donors (Lipinski definition) is 2. The van der Waals surface area contributed by atoms with Crippen LogP contribution in [-0.4, -0.2) is 49.5 Å². The molecule has 8 heteroatoms. The van der Waals surface area contributed by atoms with Gasteiger partial charge < -0.3 is 19.9 Å². The number of nitro benzene ring substituents is 1. The van der Waals surface area contributed by atoms with Crippen LogP contribution in [0.1, 0.15) is 5.56 Å². The first-order chi connectivity index (χ1) is 10.1. The largest absolute Gasteiger partial charge is 0.484 e. The van der Waals surface area contributed by atoms with Gasteiger partial charge in [0.05, 0.1) is 23.2 Å². The van der Waals surface area contributed by atoms with Crippen molar-refractivity contribution in [3.8, 4) is 11.8 Å². The van der Waals surface area contributed by atoms with Gasteiger partial charge in [0.25, 0.3) is 0 Å². The van der Waals surface area contributed by atoms with Crippen LogP contribution in [0.5, 0.6) is 5.75 Å². The number of nitrogens with one attached hydrogen (secondary N) is 1. The second kappa shape index (κ2) is 8.86. The predicted octanol–water partition coefficient (Wildman–Crippen LogP) is 0.442. The lowest BCUT2D eigenvalue weighted by atomic mass is 10.2. The third kappa shape index (κ3) is 5.74. The van der Waals surface area contributed by atoms with Gasteiger partial charge in [-0.05, 0) is 12.1 Å². The van der Waals surface area contributed by atoms with Crippen LogP contribution < -0.4 is 10.1 Å². The Balaban J connectivity index is 2.55. The highest BCUT2D eigenvalue weighted by atomic mass is 16.6. The van der Waals surface area contributed by atoms with Crippen LogP contribution in [0.25, 0.3) is 0 Å². The van der Waals surface area contributed by atoms with Gasteiger partial charge in [0.1, 0.15) is 12.7 Å². The van der Waals surface area contributed by atoms with E-state index in [1.54, 1.807) is 7.11 Å². The molecule has 0 radical (unpaired) electrons. The summed E-state index contributed by atoms with van der Waals surface area (Å²) < 4.78 is 10.1. The molecule has 0 saturated carbocycles. The molecule has 0 aromatic heterocycles. The minimum Gasteiger partial charge on any atom is -0.484 e. The van der Waals surface area contributed by atoms with Crippen molar-refractivity contribution in [1.82, 2.24) is 5.32 Å². The number of methoxy groups -OCH3 is 1. The molecule has 0 spiro atoms. The normalized spacial score (nSPS) is 11.7. The van der Waals surface area contributed by atoms with Gasteiger partial charge in [-0.25, -0.2) is 0 Å². The molecule has 0 saturated heterocycles. The fraction of sp³-hybridized carbons (Fsp3) is 0.462. The van der Waals surface area contributed by atoms with Crippen molar-refractivity contribution >= 4 is 5.69 Å². The van der Waals surface area contributed by atoms with Gasteiger partial charge in [0.15, 0.2) is 5.75 Å². The maximum Gasteiger partial charge on any atom is 0.312 e. The fourth-order valence-electron chi connectivity index (χ4n) is 1.54. The first-order valence-corrected chi connectivity index (χ1v) is 6.27. The van der Waals surface area contributed by atoms with E-state index in [9.17, 15) is 15.2 Å². The average Bonchev–Trinajstić information content (AvgIpc) is 2.49. The third-order valence-corrected chi connectivity index (χ3v) is 2.58. The Bertz CT molecular complexity index is 515. The molecule has 8 nitrogen and oxygen atoms in total. The van der Waals surface area contributed by atoms with E-state index in [1.807, 2.05) is 6.07 Å². The molecule has 1 aromatic rings. The van der Waals surface area contributed by atoms with Crippen molar-refractivity contribution < 1.29 is 19.5 Å². The number of aliphatic hydroxyl groups is 1. The molecule has 1 unspecified atom stereocenters. The molecule has 0 aliphatic rings. The Labute approximate surface area is 122 Å². The number of aliphatic hydroxyl groups excluding tert-OH is 1. The summed E-state index contributed by atoms with van der Waals surface area (Å²) in [7, 11) is 1.57. The Morgan fingerprint density at radius 1 is 1.57 bits per heavy atom. The summed E-state index contributed by atoms with van der Waals surface area (Å²) in [5, 5.41) is 32.3. The minimum atomic E-state index is -0.808. The summed E-state index contributed by atoms with van der Waals surface area (Å²) in [4.78, 5) is 10.3. The van der Waals surface area contributed by atoms with Crippen molar-refractivity contribution in [2.45, 2.75) is 6.10 Å². The average molecular weight is 295 g/mol. The standard InChI is InChI=1S/C13H17N3O5/c1-20-5-4-15-8-11(17)9-21-13-3-2-10(7-14)6-12(13)16(18)19/h2-3,6,11,15,17H,4-5,8-9H2,1H3. The highest BCUT2D eigenvalue weighted by Crippen LogP contribution is 2.27. The molecule has 2 N–H and O–H groups in total. The monoisotopic (exact) mass is 295 g/mol. The zero-order valence-corrected chi connectivity index (χ0v) is 11.6. The molecule has 0 fully saturated rings. The lowest BCUT2D eigenvalue weighted by molar-refractivity contribution is -0.385. The van der Waals surface area contributed by atoms with Crippen LogP contribution in [0.3, 0.4) is 0 Å². The van der Waals surface area contributed by atoms with E-state index in [-0.39, 0.29) is 30.2 Å². The highest BCUT2D eigenvalue weighted by molar-refractivity contribution is 5.51. The van der Waals surface area contributed by atoms with Crippen LogP contribution in [-0.2, 0) is 4.74 Å². The summed E-state index contributed by atoms with van der Waals surface area (Å²) in [6, 6.07) is 5.73. The Hall–Kier alpha value is -2.21. The smallest absolute Gasteiger partial charge is 0.312 e. The second-order valence-corrected chi connectivity index (χ2v) is 4.21. The van der Waals surface area contributed by atoms with E-state index in [2.05, 4.69) is 5.32 Å². The molecule has 0 amide bonds. The SMILES string of the molecule is COCCNCC(O)COc1ccc(C#N)cc1[N+](=O)[O-]. The molecular formula is C13H17N3O5. The predicted molar refractivity (Wildman–Crippen MR) is 74.1 cm³/mol. The van der Waals surface area contributed by atoms with Crippen LogP contribution in [0, 0.1) is 21.4 Å². The van der Waals surface area contributed by atoms with E-state index >= 15 is 0 Å². The van der Waals surface area contributed by atoms with Gasteiger partial charge in [-0.1, -0.05) is 0 Å². The van der Waals surface area contributed by atoms with Crippen molar-refractivity contribution in [2.24, 2.45) is 0 Å². The number of benzene rings is 1. The fourth-order valence-corrected chi connectivity index (χ4v) is 1.54. The zero-order chi connectivity index (χ0) is 15.7. The van der Waals surface area contributed by atoms with E-state index in [1.165, 1.54) is 12.1 Å². The Morgan fingerprint density at radius 3 is 2.95 bits per heavy atom. The molecular weight excluding hydrogens is 278 g/mol. The van der Waals surface area contributed by atoms with Crippen molar-refractivity contribution in [1.29, 1.82) is 5.26 Å². The van der Waals surface area contributed by atoms with Crippen LogP contribution >= 0.6 is 0 Å². The molecule has 1 rings (SSSR count). The van der Waals surface area contributed by atoms with Gasteiger partial charge in [-0.3, -0.25) is 10.1 Å². The summed E-state index contributed by atoms with van der Waals surface area (Å²) in [6.45, 7) is 1.30. The second-order valence-electron chi connectivity index (χ2n) is 4.21. The molecule has 0 bridgehead atoms. The van der Waals surface area contributed by atoms with E-state index in [0.29, 0.717) is 13.2 Å². The summed E-state index contributed by atoms with van der Waals surface area (Å²) in [6.07, 6.45) is -0.808. The molecule has 1 aromatic carbocycles. The zero-order valence-electron chi connectivity index (χ0n) is 11.6. The van der Waals surface area contributed by atoms with E-state index < -0.39 is 11.0 Å². The van der Waals surface area contributed by atoms with Gasteiger partial charge in [-0.2, -0.15) is 5.26 Å². The number of hydrogen-bond acceptors (Lipinski definition) is 7. The summed E-state index contributed by atoms with van der Waals surface area (Å²) in [5.74, 6) is 0.0231. The molecule has 0 heterocycles. The van der Waals surface area contributed by atoms with E-state index in [0.717, 1.165) is 6.07 Å². The molecule has 1 atom stereocenters. The third-order valence-electron chi connectivity index (χ3n) is 2.58. The quantitative estimate of drug-likeness (QED) is 0.385. The van der Waals surface area contributed by atoms with Crippen LogP contribution in [0.4, 0.5) is 5.69 Å². The maximum atomic E-state index is 10.9. The van der Waals surface area contributed by atoms with Gasteiger partial charge >= 0.3 is 5.69 Å². The topological polar surface area (TPSA) is 118 Å². The lowest BCUT2D eigenvalue weighted by Crippen LogP contribution is -2.33. The first-order valence-electron chi connectivity index (χ1n) is 6.27. The van der Waals surface area contributed by atoms with E-state index in [4.69, 9.17) is 14.7 Å². The first kappa shape index (κ1) is 16.8. The number of rotatable bonds is 9. The van der Waals surface area contributed by atoms with Crippen molar-refractivity contribution in [3.63, 3.8) is 0 Å². The Morgan fingerprint density at radius 2 is 2.33 bits per heavy atom. The molecule has 21 heavy (non-hydrogen) atoms. The number of ether oxygens (including phenoxy) is 2. The number of nitrogens with zero attached hydrogens (tertiary/aromatic N) is 2. The van der Waals surface area contributed by atoms with Gasteiger partial charge in [-0.15, -0.1) is 0 Å². The minimum absolute atomic E-state index is 0.0231. The highest BCUT2D eigenvalue weighted by Gasteiger charge is 2.17. The van der Waals surface area contributed by atoms with Crippen LogP contribution in [0.15, 0.2) is 18.2 Å². The summed E-state index contributed by atoms with van der Waals surface area (Å²) in [5.41, 5.74) is -0.121. The molecule has 0 aliphatic carbocycles. The van der Waals surface area contributed by atoms with Gasteiger partial charge in [0.2, 0.25) is 0 Å². The number of nitro groups is 1. The Kier molecular flexibility index (Phi) is 7.11. The summed E-state index contributed by atoms with van der Waals surface area (Å²) >= 11 is 0. The maximum absolute atomic E-state index is 10.9.